The smallest absolute Gasteiger partial charge is 0.410 e. The van der Waals surface area contributed by atoms with Crippen molar-refractivity contribution in [2.45, 2.75) is 45.1 Å². The number of halogens is 3. The molecule has 1 unspecified atom stereocenters. The third kappa shape index (κ3) is 4.60. The summed E-state index contributed by atoms with van der Waals surface area (Å²) >= 11 is 0. The predicted octanol–water partition coefficient (Wildman–Crippen LogP) is 3.24. The van der Waals surface area contributed by atoms with Gasteiger partial charge < -0.3 is 15.0 Å². The van der Waals surface area contributed by atoms with Gasteiger partial charge in [-0.3, -0.25) is 0 Å². The highest BCUT2D eigenvalue weighted by molar-refractivity contribution is 5.68. The molecule has 0 radical (unpaired) electrons. The number of alkyl halides is 3. The molecule has 0 fully saturated rings. The summed E-state index contributed by atoms with van der Waals surface area (Å²) in [5, 5.41) is 2.40. The Morgan fingerprint density at radius 1 is 1.39 bits per heavy atom. The molecule has 0 aromatic heterocycles. The molecule has 1 N–H and O–H groups in total. The molecular formula is C16H21F3N2O2. The van der Waals surface area contributed by atoms with Crippen molar-refractivity contribution < 1.29 is 22.7 Å². The van der Waals surface area contributed by atoms with Crippen LogP contribution in [0.1, 0.15) is 30.0 Å². The highest BCUT2D eigenvalue weighted by Crippen LogP contribution is 2.26. The number of fused-ring (bicyclic) bond motifs is 1. The molecule has 0 saturated carbocycles. The number of rotatable bonds is 4. The Labute approximate surface area is 133 Å². The van der Waals surface area contributed by atoms with E-state index in [1.807, 2.05) is 19.1 Å². The summed E-state index contributed by atoms with van der Waals surface area (Å²) in [5.41, 5.74) is 2.91. The van der Waals surface area contributed by atoms with Gasteiger partial charge in [0, 0.05) is 19.1 Å². The quantitative estimate of drug-likeness (QED) is 0.921. The van der Waals surface area contributed by atoms with E-state index in [1.165, 1.54) is 7.11 Å². The van der Waals surface area contributed by atoms with E-state index in [4.69, 9.17) is 4.74 Å². The van der Waals surface area contributed by atoms with Crippen LogP contribution in [0, 0.1) is 0 Å². The Morgan fingerprint density at radius 2 is 2.13 bits per heavy atom. The largest absolute Gasteiger partial charge is 0.453 e. The maximum atomic E-state index is 12.2. The predicted molar refractivity (Wildman–Crippen MR) is 79.9 cm³/mol. The molecule has 23 heavy (non-hydrogen) atoms. The molecule has 0 saturated heterocycles. The van der Waals surface area contributed by atoms with Crippen LogP contribution in [0.5, 0.6) is 0 Å². The second kappa shape index (κ2) is 7.21. The molecule has 1 aromatic rings. The number of carbonyl (C=O) groups is 1. The number of benzene rings is 1. The van der Waals surface area contributed by atoms with Crippen molar-refractivity contribution in [3.8, 4) is 0 Å². The Morgan fingerprint density at radius 3 is 2.74 bits per heavy atom. The maximum Gasteiger partial charge on any atom is 0.410 e. The minimum Gasteiger partial charge on any atom is -0.453 e. The van der Waals surface area contributed by atoms with Gasteiger partial charge in [0.25, 0.3) is 0 Å². The lowest BCUT2D eigenvalue weighted by Crippen LogP contribution is -2.43. The summed E-state index contributed by atoms with van der Waals surface area (Å²) in [5.74, 6) is 0. The number of methoxy groups -OCH3 is 1. The minimum absolute atomic E-state index is 0.0494. The fraction of sp³-hybridized carbons (Fsp3) is 0.562. The van der Waals surface area contributed by atoms with Crippen molar-refractivity contribution in [3.63, 3.8) is 0 Å². The maximum absolute atomic E-state index is 12.2. The van der Waals surface area contributed by atoms with E-state index in [0.717, 1.165) is 23.1 Å². The Kier molecular flexibility index (Phi) is 5.51. The van der Waals surface area contributed by atoms with Crippen LogP contribution in [0.25, 0.3) is 0 Å². The van der Waals surface area contributed by atoms with Crippen molar-refractivity contribution >= 4 is 6.09 Å². The van der Waals surface area contributed by atoms with Gasteiger partial charge in [0.1, 0.15) is 0 Å². The van der Waals surface area contributed by atoms with Crippen molar-refractivity contribution in [2.75, 3.05) is 13.7 Å². The van der Waals surface area contributed by atoms with E-state index >= 15 is 0 Å². The number of ether oxygens (including phenoxy) is 1. The van der Waals surface area contributed by atoms with Gasteiger partial charge in [-0.25, -0.2) is 4.79 Å². The van der Waals surface area contributed by atoms with Gasteiger partial charge in [-0.1, -0.05) is 25.1 Å². The zero-order valence-electron chi connectivity index (χ0n) is 13.2. The molecule has 128 valence electrons. The first-order chi connectivity index (χ1) is 10.8. The Hall–Kier alpha value is -1.76. The van der Waals surface area contributed by atoms with Gasteiger partial charge in [-0.15, -0.1) is 0 Å². The summed E-state index contributed by atoms with van der Waals surface area (Å²) in [6.07, 6.45) is -3.07. The van der Waals surface area contributed by atoms with Crippen LogP contribution in [-0.2, 0) is 24.2 Å². The van der Waals surface area contributed by atoms with Gasteiger partial charge in [0.2, 0.25) is 0 Å². The van der Waals surface area contributed by atoms with E-state index in [-0.39, 0.29) is 18.7 Å². The Balaban J connectivity index is 2.08. The zero-order valence-corrected chi connectivity index (χ0v) is 13.2. The lowest BCUT2D eigenvalue weighted by molar-refractivity contribution is -0.125. The van der Waals surface area contributed by atoms with E-state index in [1.54, 1.807) is 11.0 Å². The molecule has 1 atom stereocenters. The summed E-state index contributed by atoms with van der Waals surface area (Å²) in [4.78, 5) is 13.5. The van der Waals surface area contributed by atoms with E-state index in [2.05, 4.69) is 5.32 Å². The van der Waals surface area contributed by atoms with Gasteiger partial charge in [-0.2, -0.15) is 13.2 Å². The number of hydrogen-bond donors (Lipinski definition) is 1. The summed E-state index contributed by atoms with van der Waals surface area (Å²) in [7, 11) is 1.36. The highest BCUT2D eigenvalue weighted by Gasteiger charge is 2.29. The van der Waals surface area contributed by atoms with E-state index in [9.17, 15) is 18.0 Å². The third-order valence-electron chi connectivity index (χ3n) is 4.04. The molecular weight excluding hydrogens is 309 g/mol. The van der Waals surface area contributed by atoms with E-state index in [0.29, 0.717) is 13.0 Å². The van der Waals surface area contributed by atoms with Crippen LogP contribution < -0.4 is 5.32 Å². The van der Waals surface area contributed by atoms with Crippen LogP contribution in [0.4, 0.5) is 18.0 Å². The second-order valence-electron chi connectivity index (χ2n) is 5.69. The second-order valence-corrected chi connectivity index (χ2v) is 5.69. The molecule has 7 heteroatoms. The fourth-order valence-corrected chi connectivity index (χ4v) is 2.85. The topological polar surface area (TPSA) is 41.6 Å². The number of nitrogens with one attached hydrogen (secondary N) is 1. The Bertz CT molecular complexity index is 561. The molecule has 1 aliphatic heterocycles. The van der Waals surface area contributed by atoms with Crippen LogP contribution in [0.2, 0.25) is 0 Å². The standard InChI is InChI=1S/C16H21F3N2O2/c1-3-14-7-13-6-11(8-20-10-16(17,18)19)4-5-12(13)9-21(14)15(22)23-2/h4-6,14,20H,3,7-10H2,1-2H3. The minimum atomic E-state index is -4.21. The van der Waals surface area contributed by atoms with Gasteiger partial charge in [0.15, 0.2) is 0 Å². The monoisotopic (exact) mass is 330 g/mol. The molecule has 4 nitrogen and oxygen atoms in total. The van der Waals surface area contributed by atoms with Crippen LogP contribution in [0.15, 0.2) is 18.2 Å². The van der Waals surface area contributed by atoms with Gasteiger partial charge in [-0.05, 0) is 29.5 Å². The van der Waals surface area contributed by atoms with E-state index < -0.39 is 12.7 Å². The molecule has 1 amide bonds. The SMILES string of the molecule is CCC1Cc2cc(CNCC(F)(F)F)ccc2CN1C(=O)OC. The molecule has 1 aromatic carbocycles. The first-order valence-electron chi connectivity index (χ1n) is 7.56. The lowest BCUT2D eigenvalue weighted by Gasteiger charge is -2.35. The summed E-state index contributed by atoms with van der Waals surface area (Å²) in [6, 6.07) is 5.65. The van der Waals surface area contributed by atoms with Crippen LogP contribution >= 0.6 is 0 Å². The molecule has 1 aliphatic rings. The van der Waals surface area contributed by atoms with Crippen molar-refractivity contribution in [3.05, 3.63) is 34.9 Å². The van der Waals surface area contributed by atoms with Crippen LogP contribution in [0.3, 0.4) is 0 Å². The van der Waals surface area contributed by atoms with Gasteiger partial charge in [0.05, 0.1) is 13.7 Å². The highest BCUT2D eigenvalue weighted by atomic mass is 19.4. The van der Waals surface area contributed by atoms with Crippen molar-refractivity contribution in [1.29, 1.82) is 0 Å². The van der Waals surface area contributed by atoms with Crippen LogP contribution in [-0.4, -0.2) is 36.9 Å². The summed E-state index contributed by atoms with van der Waals surface area (Å²) in [6.45, 7) is 1.64. The molecule has 0 spiro atoms. The van der Waals surface area contributed by atoms with Crippen molar-refractivity contribution in [2.24, 2.45) is 0 Å². The summed E-state index contributed by atoms with van der Waals surface area (Å²) < 4.78 is 41.3. The first kappa shape index (κ1) is 17.6. The zero-order chi connectivity index (χ0) is 17.0. The average molecular weight is 330 g/mol. The molecule has 0 bridgehead atoms. The normalized spacial score (nSPS) is 17.8. The number of amides is 1. The third-order valence-corrected chi connectivity index (χ3v) is 4.04. The van der Waals surface area contributed by atoms with Gasteiger partial charge >= 0.3 is 12.3 Å². The molecule has 1 heterocycles. The number of hydrogen-bond acceptors (Lipinski definition) is 3. The molecule has 0 aliphatic carbocycles. The average Bonchev–Trinajstić information content (AvgIpc) is 2.51. The number of carbonyl (C=O) groups excluding carboxylic acids is 1. The number of nitrogens with zero attached hydrogens (tertiary/aromatic N) is 1. The first-order valence-corrected chi connectivity index (χ1v) is 7.56. The molecule has 2 rings (SSSR count). The van der Waals surface area contributed by atoms with Crippen molar-refractivity contribution in [1.82, 2.24) is 10.2 Å². The lowest BCUT2D eigenvalue weighted by atomic mass is 9.91. The fourth-order valence-electron chi connectivity index (χ4n) is 2.85.